The molecule has 2 aliphatic rings. The number of rotatable bonds is 12. The van der Waals surface area contributed by atoms with Crippen molar-refractivity contribution in [3.05, 3.63) is 99.2 Å². The summed E-state index contributed by atoms with van der Waals surface area (Å²) in [6.07, 6.45) is 0.152. The third kappa shape index (κ3) is 7.41. The summed E-state index contributed by atoms with van der Waals surface area (Å²) in [6.45, 7) is 8.55. The number of carbonyl (C=O) groups is 2. The van der Waals surface area contributed by atoms with Crippen LogP contribution in [-0.2, 0) is 32.6 Å². The zero-order valence-corrected chi connectivity index (χ0v) is 35.0. The van der Waals surface area contributed by atoms with Crippen LogP contribution in [0.5, 0.6) is 40.2 Å². The third-order valence-electron chi connectivity index (χ3n) is 10.3. The molecule has 6 rings (SSSR count). The molecule has 15 heteroatoms. The Hall–Kier alpha value is -6.09. The lowest BCUT2D eigenvalue weighted by atomic mass is 9.80. The third-order valence-corrected chi connectivity index (χ3v) is 11.6. The molecular formula is C43H48N2O12S. The summed E-state index contributed by atoms with van der Waals surface area (Å²) in [5, 5.41) is 11.7. The zero-order valence-electron chi connectivity index (χ0n) is 34.2. The lowest BCUT2D eigenvalue weighted by Crippen LogP contribution is -2.61. The van der Waals surface area contributed by atoms with Gasteiger partial charge in [-0.3, -0.25) is 9.69 Å². The molecule has 2 heterocycles. The molecule has 2 amide bonds. The second kappa shape index (κ2) is 16.4. The van der Waals surface area contributed by atoms with Crippen molar-refractivity contribution in [2.75, 3.05) is 35.5 Å². The lowest BCUT2D eigenvalue weighted by molar-refractivity contribution is -0.141. The van der Waals surface area contributed by atoms with Crippen LogP contribution in [0, 0.1) is 20.8 Å². The Kier molecular flexibility index (Phi) is 11.8. The van der Waals surface area contributed by atoms with Crippen LogP contribution in [0.3, 0.4) is 0 Å². The maximum atomic E-state index is 15.1. The van der Waals surface area contributed by atoms with Crippen molar-refractivity contribution < 1.29 is 55.7 Å². The van der Waals surface area contributed by atoms with Gasteiger partial charge in [0, 0.05) is 39.9 Å². The fraction of sp³-hybridized carbons (Fsp3) is 0.349. The SMILES string of the molecule is COc1ccc(CN2C(=O)[C@@H]3Cc4c(O)c(C)c(OC)c(OC)c4[C@H](/C2=C\c2cc(OC)c(OC)c(C)c2OS(=O)(=O)c2ccc(C)cc2)N3C(=O)OC(C)C)cc1. The predicted octanol–water partition coefficient (Wildman–Crippen LogP) is 7.02. The van der Waals surface area contributed by atoms with Crippen molar-refractivity contribution in [3.8, 4) is 40.2 Å². The monoisotopic (exact) mass is 816 g/mol. The number of hydrogen-bond donors (Lipinski definition) is 1. The number of nitrogens with zero attached hydrogens (tertiary/aromatic N) is 2. The fourth-order valence-electron chi connectivity index (χ4n) is 7.55. The topological polar surface area (TPSA) is 160 Å². The van der Waals surface area contributed by atoms with Gasteiger partial charge in [-0.05, 0) is 76.6 Å². The van der Waals surface area contributed by atoms with Crippen molar-refractivity contribution in [3.63, 3.8) is 0 Å². The van der Waals surface area contributed by atoms with Gasteiger partial charge in [-0.15, -0.1) is 0 Å². The number of aromatic hydroxyl groups is 1. The van der Waals surface area contributed by atoms with Gasteiger partial charge in [0.15, 0.2) is 28.7 Å². The van der Waals surface area contributed by atoms with Gasteiger partial charge >= 0.3 is 16.2 Å². The number of hydrogen-bond acceptors (Lipinski definition) is 12. The Labute approximate surface area is 338 Å². The molecule has 1 N–H and O–H groups in total. The molecular weight excluding hydrogens is 769 g/mol. The summed E-state index contributed by atoms with van der Waals surface area (Å²) in [4.78, 5) is 32.2. The first-order valence-electron chi connectivity index (χ1n) is 18.5. The van der Waals surface area contributed by atoms with Crippen LogP contribution in [0.25, 0.3) is 6.08 Å². The van der Waals surface area contributed by atoms with Crippen molar-refractivity contribution in [2.24, 2.45) is 0 Å². The van der Waals surface area contributed by atoms with E-state index in [1.165, 1.54) is 56.4 Å². The van der Waals surface area contributed by atoms with Gasteiger partial charge in [-0.25, -0.2) is 4.79 Å². The summed E-state index contributed by atoms with van der Waals surface area (Å²) in [5.41, 5.74) is 3.33. The number of phenolic OH excluding ortho intramolecular Hbond substituents is 1. The first-order valence-corrected chi connectivity index (χ1v) is 19.9. The van der Waals surface area contributed by atoms with Gasteiger partial charge in [-0.2, -0.15) is 8.42 Å². The highest BCUT2D eigenvalue weighted by Crippen LogP contribution is 2.55. The van der Waals surface area contributed by atoms with Crippen LogP contribution in [0.2, 0.25) is 0 Å². The Morgan fingerprint density at radius 2 is 1.48 bits per heavy atom. The van der Waals surface area contributed by atoms with Crippen LogP contribution >= 0.6 is 0 Å². The molecule has 1 fully saturated rings. The smallest absolute Gasteiger partial charge is 0.411 e. The van der Waals surface area contributed by atoms with E-state index in [0.29, 0.717) is 22.4 Å². The first kappa shape index (κ1) is 41.5. The minimum Gasteiger partial charge on any atom is -0.507 e. The molecule has 2 aliphatic heterocycles. The first-order chi connectivity index (χ1) is 27.6. The van der Waals surface area contributed by atoms with Gasteiger partial charge < -0.3 is 42.6 Å². The summed E-state index contributed by atoms with van der Waals surface area (Å²) in [6, 6.07) is 12.6. The number of methoxy groups -OCH3 is 5. The maximum absolute atomic E-state index is 15.1. The molecule has 0 unspecified atom stereocenters. The summed E-state index contributed by atoms with van der Waals surface area (Å²) >= 11 is 0. The van der Waals surface area contributed by atoms with E-state index in [0.717, 1.165) is 11.1 Å². The zero-order chi connectivity index (χ0) is 42.2. The molecule has 0 aliphatic carbocycles. The highest BCUT2D eigenvalue weighted by molar-refractivity contribution is 7.87. The van der Waals surface area contributed by atoms with Crippen molar-refractivity contribution in [1.82, 2.24) is 9.80 Å². The number of fused-ring (bicyclic) bond motifs is 4. The standard InChI is InChI=1S/C43H48N2O12S/c1-23(2)56-43(48)45-33-21-31-35(41(55-10)40(54-9)25(4)37(31)46)36(45)32(44(42(33)47)22-27-13-15-29(51-6)16-14-27)19-28-20-34(52-7)39(53-8)26(5)38(28)57-58(49,50)30-17-11-24(3)12-18-30/h11-20,23,33,36,46H,21-22H2,1-10H3/b32-19+/t33-,36-/m0/s1. The number of phenols is 1. The maximum Gasteiger partial charge on any atom is 0.411 e. The fourth-order valence-corrected chi connectivity index (χ4v) is 8.56. The number of amides is 2. The van der Waals surface area contributed by atoms with Gasteiger partial charge in [0.05, 0.1) is 48.2 Å². The molecule has 2 bridgehead atoms. The molecule has 2 atom stereocenters. The Morgan fingerprint density at radius 1 is 0.845 bits per heavy atom. The van der Waals surface area contributed by atoms with E-state index in [1.807, 2.05) is 19.1 Å². The van der Waals surface area contributed by atoms with E-state index in [9.17, 15) is 18.3 Å². The van der Waals surface area contributed by atoms with E-state index < -0.39 is 40.3 Å². The van der Waals surface area contributed by atoms with Crippen LogP contribution in [-0.4, -0.2) is 83.0 Å². The average Bonchev–Trinajstić information content (AvgIpc) is 3.20. The summed E-state index contributed by atoms with van der Waals surface area (Å²) < 4.78 is 68.3. The molecule has 4 aromatic rings. The van der Waals surface area contributed by atoms with Crippen molar-refractivity contribution in [1.29, 1.82) is 0 Å². The highest BCUT2D eigenvalue weighted by Gasteiger charge is 2.54. The Morgan fingerprint density at radius 3 is 2.05 bits per heavy atom. The minimum atomic E-state index is -4.45. The van der Waals surface area contributed by atoms with E-state index >= 15 is 4.79 Å². The van der Waals surface area contributed by atoms with Gasteiger partial charge in [0.2, 0.25) is 5.91 Å². The van der Waals surface area contributed by atoms with Crippen molar-refractivity contribution in [2.45, 2.75) is 70.7 Å². The molecule has 1 saturated heterocycles. The minimum absolute atomic E-state index is 0.0193. The molecule has 308 valence electrons. The average molecular weight is 817 g/mol. The molecule has 0 aromatic heterocycles. The summed E-state index contributed by atoms with van der Waals surface area (Å²) in [7, 11) is 2.85. The van der Waals surface area contributed by atoms with E-state index in [1.54, 1.807) is 65.1 Å². The predicted molar refractivity (Wildman–Crippen MR) is 214 cm³/mol. The molecule has 14 nitrogen and oxygen atoms in total. The van der Waals surface area contributed by atoms with Gasteiger partial charge in [0.25, 0.3) is 0 Å². The Bertz CT molecular complexity index is 2370. The largest absolute Gasteiger partial charge is 0.507 e. The number of aryl methyl sites for hydroxylation is 1. The highest BCUT2D eigenvalue weighted by atomic mass is 32.2. The van der Waals surface area contributed by atoms with Crippen LogP contribution < -0.4 is 27.9 Å². The molecule has 0 saturated carbocycles. The van der Waals surface area contributed by atoms with E-state index in [4.69, 9.17) is 32.6 Å². The number of piperazine rings is 1. The van der Waals surface area contributed by atoms with Crippen LogP contribution in [0.4, 0.5) is 4.79 Å². The van der Waals surface area contributed by atoms with Gasteiger partial charge in [0.1, 0.15) is 28.5 Å². The van der Waals surface area contributed by atoms with Crippen LogP contribution in [0.1, 0.15) is 58.8 Å². The quantitative estimate of drug-likeness (QED) is 0.146. The normalized spacial score (nSPS) is 16.9. The van der Waals surface area contributed by atoms with Crippen molar-refractivity contribution >= 4 is 28.2 Å². The molecule has 58 heavy (non-hydrogen) atoms. The van der Waals surface area contributed by atoms with Gasteiger partial charge in [-0.1, -0.05) is 29.8 Å². The van der Waals surface area contributed by atoms with E-state index in [-0.39, 0.29) is 69.2 Å². The van der Waals surface area contributed by atoms with E-state index in [2.05, 4.69) is 0 Å². The molecule has 0 spiro atoms. The number of carbonyl (C=O) groups excluding carboxylic acids is 2. The lowest BCUT2D eigenvalue weighted by Gasteiger charge is -2.51. The summed E-state index contributed by atoms with van der Waals surface area (Å²) in [5.74, 6) is 0.791. The molecule has 0 radical (unpaired) electrons. The second-order valence-electron chi connectivity index (χ2n) is 14.2. The number of benzene rings is 4. The number of ether oxygens (including phenoxy) is 6. The second-order valence-corrected chi connectivity index (χ2v) is 15.8. The Balaban J connectivity index is 1.71. The molecule has 4 aromatic carbocycles. The van der Waals surface area contributed by atoms with Crippen LogP contribution in [0.15, 0.2) is 65.2 Å².